The van der Waals surface area contributed by atoms with Crippen LogP contribution < -0.4 is 4.90 Å². The smallest absolute Gasteiger partial charge is 0.275 e. The van der Waals surface area contributed by atoms with Crippen molar-refractivity contribution in [3.05, 3.63) is 33.6 Å². The van der Waals surface area contributed by atoms with Gasteiger partial charge in [-0.3, -0.25) is 14.9 Å². The van der Waals surface area contributed by atoms with Crippen molar-refractivity contribution in [1.82, 2.24) is 4.90 Å². The summed E-state index contributed by atoms with van der Waals surface area (Å²) in [6, 6.07) is 2.49. The number of rotatable bonds is 5. The van der Waals surface area contributed by atoms with Gasteiger partial charge in [0.2, 0.25) is 5.91 Å². The van der Waals surface area contributed by atoms with Gasteiger partial charge in [0.15, 0.2) is 5.82 Å². The summed E-state index contributed by atoms with van der Waals surface area (Å²) < 4.78 is 14.2. The molecule has 0 spiro atoms. The van der Waals surface area contributed by atoms with E-state index in [2.05, 4.69) is 0 Å². The molecule has 1 aromatic carbocycles. The number of hydrogen-bond donors (Lipinski definition) is 0. The Labute approximate surface area is 135 Å². The van der Waals surface area contributed by atoms with E-state index in [0.29, 0.717) is 43.9 Å². The summed E-state index contributed by atoms with van der Waals surface area (Å²) in [5.74, 6) is -0.445. The van der Waals surface area contributed by atoms with E-state index in [1.165, 1.54) is 6.07 Å². The zero-order valence-electron chi connectivity index (χ0n) is 13.5. The average Bonchev–Trinajstić information content (AvgIpc) is 2.54. The van der Waals surface area contributed by atoms with Gasteiger partial charge in [-0.15, -0.1) is 0 Å². The molecule has 1 amide bonds. The number of halogens is 1. The first-order chi connectivity index (χ1) is 10.9. The molecule has 23 heavy (non-hydrogen) atoms. The molecule has 1 saturated heterocycles. The quantitative estimate of drug-likeness (QED) is 0.617. The summed E-state index contributed by atoms with van der Waals surface area (Å²) in [6.07, 6.45) is 2.43. The first kappa shape index (κ1) is 17.2. The van der Waals surface area contributed by atoms with Crippen molar-refractivity contribution in [2.75, 3.05) is 31.1 Å². The second-order valence-electron chi connectivity index (χ2n) is 5.82. The molecule has 0 aromatic heterocycles. The summed E-state index contributed by atoms with van der Waals surface area (Å²) >= 11 is 0. The van der Waals surface area contributed by atoms with Gasteiger partial charge in [0.05, 0.1) is 16.7 Å². The molecule has 7 heteroatoms. The highest BCUT2D eigenvalue weighted by atomic mass is 19.1. The number of aryl methyl sites for hydroxylation is 1. The standard InChI is InChI=1S/C16H22FN3O3/c1-3-4-5-16(21)19-8-6-18(7-9-19)15-10-12(2)14(20(22)23)11-13(15)17/h10-11H,3-9H2,1-2H3. The number of anilines is 1. The van der Waals surface area contributed by atoms with Gasteiger partial charge >= 0.3 is 0 Å². The van der Waals surface area contributed by atoms with Crippen molar-refractivity contribution in [3.63, 3.8) is 0 Å². The van der Waals surface area contributed by atoms with E-state index in [-0.39, 0.29) is 11.6 Å². The number of benzene rings is 1. The van der Waals surface area contributed by atoms with Gasteiger partial charge in [-0.05, 0) is 19.4 Å². The fourth-order valence-electron chi connectivity index (χ4n) is 2.78. The van der Waals surface area contributed by atoms with Gasteiger partial charge in [0, 0.05) is 38.2 Å². The molecule has 0 N–H and O–H groups in total. The molecule has 1 heterocycles. The number of carbonyl (C=O) groups is 1. The maximum Gasteiger partial charge on any atom is 0.275 e. The lowest BCUT2D eigenvalue weighted by Crippen LogP contribution is -2.49. The molecule has 1 aliphatic rings. The van der Waals surface area contributed by atoms with Gasteiger partial charge in [0.1, 0.15) is 0 Å². The van der Waals surface area contributed by atoms with Gasteiger partial charge < -0.3 is 9.80 Å². The number of nitro groups is 1. The van der Waals surface area contributed by atoms with E-state index >= 15 is 0 Å². The van der Waals surface area contributed by atoms with E-state index in [1.54, 1.807) is 6.92 Å². The van der Waals surface area contributed by atoms with Crippen LogP contribution in [0.25, 0.3) is 0 Å². The lowest BCUT2D eigenvalue weighted by molar-refractivity contribution is -0.385. The zero-order valence-corrected chi connectivity index (χ0v) is 13.5. The highest BCUT2D eigenvalue weighted by Crippen LogP contribution is 2.28. The number of unbranched alkanes of at least 4 members (excludes halogenated alkanes) is 1. The van der Waals surface area contributed by atoms with Crippen LogP contribution in [0.5, 0.6) is 0 Å². The first-order valence-electron chi connectivity index (χ1n) is 7.91. The Morgan fingerprint density at radius 1 is 1.30 bits per heavy atom. The number of carbonyl (C=O) groups excluding carboxylic acids is 1. The van der Waals surface area contributed by atoms with Crippen molar-refractivity contribution in [1.29, 1.82) is 0 Å². The summed E-state index contributed by atoms with van der Waals surface area (Å²) in [5, 5.41) is 10.8. The van der Waals surface area contributed by atoms with E-state index in [0.717, 1.165) is 18.9 Å². The van der Waals surface area contributed by atoms with Crippen LogP contribution in [0.2, 0.25) is 0 Å². The lowest BCUT2D eigenvalue weighted by atomic mass is 10.1. The fraction of sp³-hybridized carbons (Fsp3) is 0.562. The molecular weight excluding hydrogens is 301 g/mol. The molecule has 0 unspecified atom stereocenters. The average molecular weight is 323 g/mol. The SMILES string of the molecule is CCCCC(=O)N1CCN(c2cc(C)c([N+](=O)[O-])cc2F)CC1. The molecule has 0 aliphatic carbocycles. The van der Waals surface area contributed by atoms with Crippen molar-refractivity contribution in [3.8, 4) is 0 Å². The highest BCUT2D eigenvalue weighted by molar-refractivity contribution is 5.76. The lowest BCUT2D eigenvalue weighted by Gasteiger charge is -2.36. The third-order valence-electron chi connectivity index (χ3n) is 4.18. The monoisotopic (exact) mass is 323 g/mol. The Kier molecular flexibility index (Phi) is 5.52. The van der Waals surface area contributed by atoms with Gasteiger partial charge in [-0.1, -0.05) is 13.3 Å². The molecule has 126 valence electrons. The normalized spacial score (nSPS) is 14.9. The van der Waals surface area contributed by atoms with Crippen molar-refractivity contribution < 1.29 is 14.1 Å². The van der Waals surface area contributed by atoms with E-state index in [1.807, 2.05) is 16.7 Å². The van der Waals surface area contributed by atoms with Crippen molar-refractivity contribution in [2.45, 2.75) is 33.1 Å². The molecular formula is C16H22FN3O3. The largest absolute Gasteiger partial charge is 0.366 e. The Hall–Kier alpha value is -2.18. The molecule has 6 nitrogen and oxygen atoms in total. The Bertz CT molecular complexity index is 598. The van der Waals surface area contributed by atoms with Crippen molar-refractivity contribution >= 4 is 17.3 Å². The van der Waals surface area contributed by atoms with Crippen LogP contribution in [-0.2, 0) is 4.79 Å². The maximum atomic E-state index is 14.2. The molecule has 0 saturated carbocycles. The van der Waals surface area contributed by atoms with Crippen LogP contribution in [-0.4, -0.2) is 41.9 Å². The Morgan fingerprint density at radius 2 is 1.96 bits per heavy atom. The topological polar surface area (TPSA) is 66.7 Å². The van der Waals surface area contributed by atoms with E-state index in [9.17, 15) is 19.3 Å². The van der Waals surface area contributed by atoms with Gasteiger partial charge in [-0.25, -0.2) is 4.39 Å². The molecule has 2 rings (SSSR count). The molecule has 0 atom stereocenters. The van der Waals surface area contributed by atoms with Gasteiger partial charge in [-0.2, -0.15) is 0 Å². The second-order valence-corrected chi connectivity index (χ2v) is 5.82. The summed E-state index contributed by atoms with van der Waals surface area (Å²) in [6.45, 7) is 5.82. The Balaban J connectivity index is 2.04. The third kappa shape index (κ3) is 3.97. The number of hydrogen-bond acceptors (Lipinski definition) is 4. The fourth-order valence-corrected chi connectivity index (χ4v) is 2.78. The minimum absolute atomic E-state index is 0.145. The van der Waals surface area contributed by atoms with Crippen LogP contribution in [0.1, 0.15) is 31.7 Å². The van der Waals surface area contributed by atoms with E-state index in [4.69, 9.17) is 0 Å². The summed E-state index contributed by atoms with van der Waals surface area (Å²) in [5.41, 5.74) is 0.598. The third-order valence-corrected chi connectivity index (χ3v) is 4.18. The zero-order chi connectivity index (χ0) is 17.0. The summed E-state index contributed by atoms with van der Waals surface area (Å²) in [4.78, 5) is 25.9. The Morgan fingerprint density at radius 3 is 2.52 bits per heavy atom. The number of piperazine rings is 1. The maximum absolute atomic E-state index is 14.2. The summed E-state index contributed by atoms with van der Waals surface area (Å²) in [7, 11) is 0. The number of nitrogens with zero attached hydrogens (tertiary/aromatic N) is 3. The highest BCUT2D eigenvalue weighted by Gasteiger charge is 2.24. The second kappa shape index (κ2) is 7.39. The predicted molar refractivity (Wildman–Crippen MR) is 86.1 cm³/mol. The predicted octanol–water partition coefficient (Wildman–Crippen LogP) is 2.88. The molecule has 1 aromatic rings. The minimum atomic E-state index is -0.590. The van der Waals surface area contributed by atoms with Crippen LogP contribution >= 0.6 is 0 Å². The van der Waals surface area contributed by atoms with E-state index < -0.39 is 10.7 Å². The van der Waals surface area contributed by atoms with Crippen molar-refractivity contribution in [2.24, 2.45) is 0 Å². The van der Waals surface area contributed by atoms with Crippen LogP contribution in [0, 0.1) is 22.9 Å². The minimum Gasteiger partial charge on any atom is -0.366 e. The molecule has 0 bridgehead atoms. The molecule has 0 radical (unpaired) electrons. The van der Waals surface area contributed by atoms with Crippen LogP contribution in [0.3, 0.4) is 0 Å². The van der Waals surface area contributed by atoms with Gasteiger partial charge in [0.25, 0.3) is 5.69 Å². The van der Waals surface area contributed by atoms with Crippen LogP contribution in [0.4, 0.5) is 15.8 Å². The molecule has 1 aliphatic heterocycles. The number of nitro benzene ring substituents is 1. The molecule has 1 fully saturated rings. The number of amides is 1. The first-order valence-corrected chi connectivity index (χ1v) is 7.91. The van der Waals surface area contributed by atoms with Crippen LogP contribution in [0.15, 0.2) is 12.1 Å².